The van der Waals surface area contributed by atoms with E-state index < -0.39 is 5.92 Å². The number of halogens is 4. The summed E-state index contributed by atoms with van der Waals surface area (Å²) >= 11 is 3.28. The van der Waals surface area contributed by atoms with Gasteiger partial charge in [0, 0.05) is 37.8 Å². The minimum Gasteiger partial charge on any atom is -0.302 e. The summed E-state index contributed by atoms with van der Waals surface area (Å²) in [6.07, 6.45) is 0.0556. The molecule has 0 aliphatic carbocycles. The Hall–Kier alpha value is 0.780. The van der Waals surface area contributed by atoms with E-state index in [4.69, 9.17) is 0 Å². The quantitative estimate of drug-likeness (QED) is 0.709. The average molecular weight is 309 g/mol. The molecule has 5 heteroatoms. The highest BCUT2D eigenvalue weighted by atomic mass is 79.9. The Bertz CT molecular complexity index is 123. The van der Waals surface area contributed by atoms with Gasteiger partial charge in [-0.25, -0.2) is 8.78 Å². The first-order valence-corrected chi connectivity index (χ1v) is 4.92. The zero-order valence-corrected chi connectivity index (χ0v) is 10.0. The van der Waals surface area contributed by atoms with Crippen molar-refractivity contribution in [1.29, 1.82) is 0 Å². The molecule has 74 valence electrons. The van der Waals surface area contributed by atoms with E-state index in [-0.39, 0.29) is 29.8 Å². The molecule has 0 radical (unpaired) electrons. The van der Waals surface area contributed by atoms with E-state index in [0.717, 1.165) is 11.9 Å². The molecular formula is C7H13Br2F2N. The first-order chi connectivity index (χ1) is 5.14. The normalized spacial score (nSPS) is 23.2. The largest absolute Gasteiger partial charge is 0.302 e. The van der Waals surface area contributed by atoms with Crippen molar-refractivity contribution in [3.63, 3.8) is 0 Å². The monoisotopic (exact) mass is 307 g/mol. The summed E-state index contributed by atoms with van der Waals surface area (Å²) in [6, 6.07) is 0. The van der Waals surface area contributed by atoms with Gasteiger partial charge in [0.2, 0.25) is 0 Å². The third-order valence-electron chi connectivity index (χ3n) is 1.99. The van der Waals surface area contributed by atoms with Crippen LogP contribution in [0.4, 0.5) is 8.78 Å². The number of rotatable bonds is 2. The molecule has 0 bridgehead atoms. The van der Waals surface area contributed by atoms with Gasteiger partial charge >= 0.3 is 0 Å². The summed E-state index contributed by atoms with van der Waals surface area (Å²) in [5.74, 6) is -2.40. The molecule has 1 rings (SSSR count). The minimum absolute atomic E-state index is 0. The fraction of sp³-hybridized carbons (Fsp3) is 1.00. The van der Waals surface area contributed by atoms with Gasteiger partial charge in [0.25, 0.3) is 5.92 Å². The molecule has 1 saturated heterocycles. The molecule has 12 heavy (non-hydrogen) atoms. The third-order valence-corrected chi connectivity index (χ3v) is 2.34. The van der Waals surface area contributed by atoms with Crippen LogP contribution in [0, 0.1) is 0 Å². The van der Waals surface area contributed by atoms with Crippen LogP contribution in [0.5, 0.6) is 0 Å². The topological polar surface area (TPSA) is 3.24 Å². The van der Waals surface area contributed by atoms with E-state index in [1.807, 2.05) is 0 Å². The predicted molar refractivity (Wildman–Crippen MR) is 54.7 cm³/mol. The zero-order chi connectivity index (χ0) is 8.32. The number of alkyl halides is 3. The average Bonchev–Trinajstić information content (AvgIpc) is 1.94. The lowest BCUT2D eigenvalue weighted by atomic mass is 10.1. The van der Waals surface area contributed by atoms with Gasteiger partial charge in [-0.15, -0.1) is 17.0 Å². The second kappa shape index (κ2) is 5.50. The van der Waals surface area contributed by atoms with Gasteiger partial charge < -0.3 is 4.90 Å². The Morgan fingerprint density at radius 2 is 1.75 bits per heavy atom. The van der Waals surface area contributed by atoms with Gasteiger partial charge in [0.05, 0.1) is 0 Å². The maximum Gasteiger partial charge on any atom is 0.250 e. The molecule has 1 aliphatic rings. The Labute approximate surface area is 90.4 Å². The lowest BCUT2D eigenvalue weighted by Gasteiger charge is -2.30. The van der Waals surface area contributed by atoms with Crippen LogP contribution < -0.4 is 0 Å². The second-order valence-corrected chi connectivity index (χ2v) is 3.68. The van der Waals surface area contributed by atoms with E-state index in [2.05, 4.69) is 20.8 Å². The van der Waals surface area contributed by atoms with Gasteiger partial charge in [-0.2, -0.15) is 0 Å². The minimum atomic E-state index is -2.40. The van der Waals surface area contributed by atoms with Crippen LogP contribution >= 0.6 is 32.9 Å². The van der Waals surface area contributed by atoms with Gasteiger partial charge in [-0.05, 0) is 0 Å². The number of piperidine rings is 1. The van der Waals surface area contributed by atoms with Crippen molar-refractivity contribution in [2.24, 2.45) is 0 Å². The van der Waals surface area contributed by atoms with Crippen molar-refractivity contribution in [3.05, 3.63) is 0 Å². The van der Waals surface area contributed by atoms with E-state index in [0.29, 0.717) is 13.1 Å². The SMILES string of the molecule is Br.FC1(F)CCN(CCBr)CC1. The van der Waals surface area contributed by atoms with Gasteiger partial charge in [-0.3, -0.25) is 0 Å². The Morgan fingerprint density at radius 1 is 1.25 bits per heavy atom. The molecule has 0 spiro atoms. The fourth-order valence-corrected chi connectivity index (χ4v) is 1.72. The third kappa shape index (κ3) is 4.14. The highest BCUT2D eigenvalue weighted by Crippen LogP contribution is 2.27. The smallest absolute Gasteiger partial charge is 0.250 e. The molecule has 0 aromatic rings. The van der Waals surface area contributed by atoms with Gasteiger partial charge in [0.1, 0.15) is 0 Å². The second-order valence-electron chi connectivity index (χ2n) is 2.89. The van der Waals surface area contributed by atoms with E-state index >= 15 is 0 Å². The van der Waals surface area contributed by atoms with Crippen LogP contribution in [0.2, 0.25) is 0 Å². The molecule has 0 saturated carbocycles. The lowest BCUT2D eigenvalue weighted by Crippen LogP contribution is -2.40. The summed E-state index contributed by atoms with van der Waals surface area (Å²) in [5.41, 5.74) is 0. The number of hydrogen-bond donors (Lipinski definition) is 0. The standard InChI is InChI=1S/C7H12BrF2N.BrH/c8-3-6-11-4-1-7(9,10)2-5-11;/h1-6H2;1H. The molecule has 1 aliphatic heterocycles. The van der Waals surface area contributed by atoms with Gasteiger partial charge in [-0.1, -0.05) is 15.9 Å². The van der Waals surface area contributed by atoms with Crippen LogP contribution in [0.3, 0.4) is 0 Å². The maximum atomic E-state index is 12.6. The van der Waals surface area contributed by atoms with E-state index in [1.54, 1.807) is 0 Å². The van der Waals surface area contributed by atoms with Crippen molar-refractivity contribution in [3.8, 4) is 0 Å². The molecule has 0 atom stereocenters. The maximum absolute atomic E-state index is 12.6. The number of hydrogen-bond acceptors (Lipinski definition) is 1. The van der Waals surface area contributed by atoms with Crippen LogP contribution in [0.1, 0.15) is 12.8 Å². The van der Waals surface area contributed by atoms with Crippen molar-refractivity contribution >= 4 is 32.9 Å². The molecule has 1 heterocycles. The highest BCUT2D eigenvalue weighted by molar-refractivity contribution is 9.09. The summed E-state index contributed by atoms with van der Waals surface area (Å²) < 4.78 is 25.2. The molecule has 1 fully saturated rings. The summed E-state index contributed by atoms with van der Waals surface area (Å²) in [6.45, 7) is 1.97. The van der Waals surface area contributed by atoms with Crippen LogP contribution in [-0.2, 0) is 0 Å². The predicted octanol–water partition coefficient (Wildman–Crippen LogP) is 2.69. The first kappa shape index (κ1) is 12.8. The molecule has 0 amide bonds. The van der Waals surface area contributed by atoms with Crippen molar-refractivity contribution in [2.45, 2.75) is 18.8 Å². The van der Waals surface area contributed by atoms with Crippen molar-refractivity contribution in [1.82, 2.24) is 4.90 Å². The Kier molecular flexibility index (Phi) is 5.85. The number of nitrogens with zero attached hydrogens (tertiary/aromatic N) is 1. The first-order valence-electron chi connectivity index (χ1n) is 3.80. The highest BCUT2D eigenvalue weighted by Gasteiger charge is 2.33. The molecule has 0 aromatic heterocycles. The number of likely N-dealkylation sites (tertiary alicyclic amines) is 1. The van der Waals surface area contributed by atoms with Crippen LogP contribution in [0.25, 0.3) is 0 Å². The summed E-state index contributed by atoms with van der Waals surface area (Å²) in [5, 5.41) is 0.874. The van der Waals surface area contributed by atoms with Crippen molar-refractivity contribution < 1.29 is 8.78 Å². The van der Waals surface area contributed by atoms with Crippen LogP contribution in [-0.4, -0.2) is 35.8 Å². The van der Waals surface area contributed by atoms with Crippen molar-refractivity contribution in [2.75, 3.05) is 25.0 Å². The Balaban J connectivity index is 0.00000121. The van der Waals surface area contributed by atoms with E-state index in [1.165, 1.54) is 0 Å². The molecular weight excluding hydrogens is 296 g/mol. The fourth-order valence-electron chi connectivity index (χ4n) is 1.22. The molecule has 0 unspecified atom stereocenters. The Morgan fingerprint density at radius 3 is 2.17 bits per heavy atom. The molecule has 1 nitrogen and oxygen atoms in total. The summed E-state index contributed by atoms with van der Waals surface area (Å²) in [7, 11) is 0. The zero-order valence-electron chi connectivity index (χ0n) is 6.73. The lowest BCUT2D eigenvalue weighted by molar-refractivity contribution is -0.0538. The molecule has 0 N–H and O–H groups in total. The summed E-state index contributed by atoms with van der Waals surface area (Å²) in [4.78, 5) is 2.06. The van der Waals surface area contributed by atoms with Crippen LogP contribution in [0.15, 0.2) is 0 Å². The molecule has 0 aromatic carbocycles. The van der Waals surface area contributed by atoms with Gasteiger partial charge in [0.15, 0.2) is 0 Å². The van der Waals surface area contributed by atoms with E-state index in [9.17, 15) is 8.78 Å².